The van der Waals surface area contributed by atoms with Gasteiger partial charge >= 0.3 is 11.6 Å². The van der Waals surface area contributed by atoms with Crippen molar-refractivity contribution in [2.24, 2.45) is 13.0 Å². The lowest BCUT2D eigenvalue weighted by Crippen LogP contribution is -2.52. The van der Waals surface area contributed by atoms with Crippen molar-refractivity contribution in [3.05, 3.63) is 45.1 Å². The van der Waals surface area contributed by atoms with E-state index in [2.05, 4.69) is 16.8 Å². The van der Waals surface area contributed by atoms with Crippen LogP contribution < -0.4 is 25.5 Å². The number of benzene rings is 1. The smallest absolute Gasteiger partial charge is 0.364 e. The molecule has 8 heteroatoms. The Labute approximate surface area is 162 Å². The molecule has 1 atom stereocenters. The molecule has 0 saturated carbocycles. The van der Waals surface area contributed by atoms with Crippen molar-refractivity contribution < 1.29 is 9.30 Å². The van der Waals surface area contributed by atoms with E-state index in [1.807, 2.05) is 35.8 Å². The minimum Gasteiger partial charge on any atom is -0.497 e. The maximum atomic E-state index is 13.1. The summed E-state index contributed by atoms with van der Waals surface area (Å²) in [5, 5.41) is 0. The second kappa shape index (κ2) is 6.85. The topological polar surface area (TPSA) is 76.1 Å². The van der Waals surface area contributed by atoms with Crippen LogP contribution in [0.3, 0.4) is 0 Å². The van der Waals surface area contributed by atoms with Crippen LogP contribution in [-0.4, -0.2) is 27.8 Å². The van der Waals surface area contributed by atoms with Gasteiger partial charge in [-0.1, -0.05) is 13.8 Å². The molecule has 0 amide bonds. The molecule has 4 rings (SSSR count). The fourth-order valence-corrected chi connectivity index (χ4v) is 3.99. The van der Waals surface area contributed by atoms with Crippen LogP contribution in [0.5, 0.6) is 5.75 Å². The van der Waals surface area contributed by atoms with Crippen molar-refractivity contribution in [1.29, 1.82) is 0 Å². The zero-order valence-electron chi connectivity index (χ0n) is 16.7. The number of ether oxygens (including phenoxy) is 1. The van der Waals surface area contributed by atoms with Gasteiger partial charge in [-0.3, -0.25) is 13.9 Å². The second-order valence-corrected chi connectivity index (χ2v) is 7.47. The normalized spacial score (nSPS) is 16.4. The molecule has 1 aliphatic rings. The Bertz CT molecular complexity index is 1140. The number of rotatable bonds is 4. The highest BCUT2D eigenvalue weighted by atomic mass is 16.5. The molecule has 28 heavy (non-hydrogen) atoms. The maximum Gasteiger partial charge on any atom is 0.364 e. The van der Waals surface area contributed by atoms with Gasteiger partial charge in [-0.2, -0.15) is 0 Å². The van der Waals surface area contributed by atoms with Crippen molar-refractivity contribution in [3.63, 3.8) is 0 Å². The molecule has 0 spiro atoms. The first-order chi connectivity index (χ1) is 13.5. The minimum atomic E-state index is -0.289. The first-order valence-electron chi connectivity index (χ1n) is 9.63. The Morgan fingerprint density at radius 1 is 1.25 bits per heavy atom. The van der Waals surface area contributed by atoms with Gasteiger partial charge in [-0.05, 0) is 30.7 Å². The molecule has 0 fully saturated rings. The lowest BCUT2D eigenvalue weighted by molar-refractivity contribution is -0.669. The summed E-state index contributed by atoms with van der Waals surface area (Å²) in [5.74, 6) is 1.96. The molecule has 0 unspecified atom stereocenters. The number of nitrogens with zero attached hydrogens (tertiary/aromatic N) is 4. The summed E-state index contributed by atoms with van der Waals surface area (Å²) in [6, 6.07) is 7.85. The number of nitrogens with one attached hydrogen (secondary N) is 1. The van der Waals surface area contributed by atoms with Gasteiger partial charge < -0.3 is 4.74 Å². The van der Waals surface area contributed by atoms with E-state index in [4.69, 9.17) is 4.74 Å². The molecule has 3 heterocycles. The number of hydrogen-bond acceptors (Lipinski definition) is 4. The van der Waals surface area contributed by atoms with Crippen molar-refractivity contribution in [1.82, 2.24) is 14.1 Å². The van der Waals surface area contributed by atoms with E-state index in [0.717, 1.165) is 36.9 Å². The molecule has 0 aliphatic carbocycles. The van der Waals surface area contributed by atoms with Crippen LogP contribution in [0.15, 0.2) is 33.9 Å². The van der Waals surface area contributed by atoms with Crippen LogP contribution in [0.4, 0.5) is 11.6 Å². The third-order valence-electron chi connectivity index (χ3n) is 5.36. The zero-order chi connectivity index (χ0) is 20.0. The molecule has 148 valence electrons. The summed E-state index contributed by atoms with van der Waals surface area (Å²) in [4.78, 5) is 31.3. The number of imidazole rings is 1. The van der Waals surface area contributed by atoms with E-state index in [1.165, 1.54) is 9.13 Å². The van der Waals surface area contributed by atoms with Gasteiger partial charge in [-0.15, -0.1) is 0 Å². The number of aryl methyl sites for hydroxylation is 1. The number of fused-ring (bicyclic) bond motifs is 3. The number of aromatic nitrogens is 4. The quantitative estimate of drug-likeness (QED) is 0.692. The van der Waals surface area contributed by atoms with Crippen molar-refractivity contribution >= 4 is 22.8 Å². The van der Waals surface area contributed by atoms with Crippen molar-refractivity contribution in [2.45, 2.75) is 33.4 Å². The molecule has 1 aromatic carbocycles. The van der Waals surface area contributed by atoms with Crippen LogP contribution in [-0.2, 0) is 20.1 Å². The predicted octanol–water partition coefficient (Wildman–Crippen LogP) is 1.52. The van der Waals surface area contributed by atoms with E-state index < -0.39 is 0 Å². The monoisotopic (exact) mass is 384 g/mol. The van der Waals surface area contributed by atoms with Crippen molar-refractivity contribution in [3.8, 4) is 5.75 Å². The third kappa shape index (κ3) is 2.71. The third-order valence-corrected chi connectivity index (χ3v) is 5.36. The van der Waals surface area contributed by atoms with Gasteiger partial charge in [0.1, 0.15) is 11.4 Å². The van der Waals surface area contributed by atoms with Crippen molar-refractivity contribution in [2.75, 3.05) is 18.6 Å². The Morgan fingerprint density at radius 3 is 2.61 bits per heavy atom. The Kier molecular flexibility index (Phi) is 4.49. The Balaban J connectivity index is 1.96. The van der Waals surface area contributed by atoms with Crippen LogP contribution in [0.2, 0.25) is 0 Å². The highest BCUT2D eigenvalue weighted by molar-refractivity contribution is 5.70. The number of hydrogen-bond donors (Lipinski definition) is 1. The SMILES string of the molecule is CCCn1c(=O)c2c([nH]c3[n+]2C[C@H](C)CN3c2ccc(OC)cc2)n(C)c1=O. The van der Waals surface area contributed by atoms with Gasteiger partial charge in [0.25, 0.3) is 5.56 Å². The number of methoxy groups -OCH3 is 1. The lowest BCUT2D eigenvalue weighted by Gasteiger charge is -2.26. The molecule has 0 radical (unpaired) electrons. The number of anilines is 2. The molecule has 8 nitrogen and oxygen atoms in total. The zero-order valence-corrected chi connectivity index (χ0v) is 16.7. The van der Waals surface area contributed by atoms with E-state index in [9.17, 15) is 9.59 Å². The summed E-state index contributed by atoms with van der Waals surface area (Å²) < 4.78 is 10.1. The molecule has 1 aliphatic heterocycles. The molecule has 2 aromatic heterocycles. The fraction of sp³-hybridized carbons (Fsp3) is 0.450. The lowest BCUT2D eigenvalue weighted by atomic mass is 10.1. The molecule has 3 aromatic rings. The average Bonchev–Trinajstić information content (AvgIpc) is 3.08. The number of H-pyrrole nitrogens is 1. The molecular weight excluding hydrogens is 358 g/mol. The largest absolute Gasteiger partial charge is 0.497 e. The Hall–Kier alpha value is -3.03. The van der Waals surface area contributed by atoms with E-state index in [-0.39, 0.29) is 11.2 Å². The highest BCUT2D eigenvalue weighted by Crippen LogP contribution is 2.29. The van der Waals surface area contributed by atoms with Crippen LogP contribution in [0.25, 0.3) is 11.2 Å². The molecular formula is C20H26N5O3+. The first kappa shape index (κ1) is 18.3. The highest BCUT2D eigenvalue weighted by Gasteiger charge is 2.35. The van der Waals surface area contributed by atoms with Gasteiger partial charge in [-0.25, -0.2) is 19.2 Å². The average molecular weight is 384 g/mol. The van der Waals surface area contributed by atoms with Crippen LogP contribution in [0.1, 0.15) is 20.3 Å². The van der Waals surface area contributed by atoms with Gasteiger partial charge in [0, 0.05) is 19.5 Å². The van der Waals surface area contributed by atoms with E-state index >= 15 is 0 Å². The standard InChI is InChI=1S/C20H25N5O3/c1-5-10-23-18(26)16-17(22(3)20(23)27)21-19-24(11-13(2)12-25(16)19)14-6-8-15(28-4)9-7-14/h6-9,13H,5,10-12H2,1-4H3/p+1/t13-/m1/s1. The second-order valence-electron chi connectivity index (χ2n) is 7.47. The summed E-state index contributed by atoms with van der Waals surface area (Å²) in [5.41, 5.74) is 1.60. The number of aromatic amines is 1. The molecule has 0 saturated heterocycles. The maximum absolute atomic E-state index is 13.1. The van der Waals surface area contributed by atoms with Gasteiger partial charge in [0.05, 0.1) is 20.2 Å². The minimum absolute atomic E-state index is 0.230. The van der Waals surface area contributed by atoms with Gasteiger partial charge in [0.2, 0.25) is 11.2 Å². The first-order valence-corrected chi connectivity index (χ1v) is 9.63. The van der Waals surface area contributed by atoms with E-state index in [1.54, 1.807) is 14.2 Å². The molecule has 1 N–H and O–H groups in total. The predicted molar refractivity (Wildman–Crippen MR) is 107 cm³/mol. The van der Waals surface area contributed by atoms with E-state index in [0.29, 0.717) is 23.6 Å². The van der Waals surface area contributed by atoms with Crippen LogP contribution in [0, 0.1) is 5.92 Å². The van der Waals surface area contributed by atoms with Crippen LogP contribution >= 0.6 is 0 Å². The Morgan fingerprint density at radius 2 is 1.96 bits per heavy atom. The van der Waals surface area contributed by atoms with Gasteiger partial charge in [0.15, 0.2) is 0 Å². The summed E-state index contributed by atoms with van der Waals surface area (Å²) in [6.45, 7) is 6.08. The summed E-state index contributed by atoms with van der Waals surface area (Å²) >= 11 is 0. The molecule has 0 bridgehead atoms. The summed E-state index contributed by atoms with van der Waals surface area (Å²) in [6.07, 6.45) is 0.728. The summed E-state index contributed by atoms with van der Waals surface area (Å²) in [7, 11) is 3.35. The fourth-order valence-electron chi connectivity index (χ4n) is 3.99.